The minimum absolute atomic E-state index is 0.200. The number of benzene rings is 2. The molecule has 11 heteroatoms. The van der Waals surface area contributed by atoms with Crippen molar-refractivity contribution in [1.82, 2.24) is 0 Å². The second-order valence-corrected chi connectivity index (χ2v) is 7.38. The van der Waals surface area contributed by atoms with Crippen LogP contribution >= 0.6 is 11.6 Å². The summed E-state index contributed by atoms with van der Waals surface area (Å²) in [5.74, 6) is -2.19. The Hall–Kier alpha value is -2.72. The molecule has 1 unspecified atom stereocenters. The monoisotopic (exact) mass is 402 g/mol. The van der Waals surface area contributed by atoms with Gasteiger partial charge in [0.1, 0.15) is 11.9 Å². The molecule has 0 radical (unpaired) electrons. The Labute approximate surface area is 152 Å². The van der Waals surface area contributed by atoms with E-state index in [9.17, 15) is 32.8 Å². The number of hydrogen-bond acceptors (Lipinski definition) is 5. The summed E-state index contributed by atoms with van der Waals surface area (Å²) in [6, 6.07) is 5.08. The van der Waals surface area contributed by atoms with Crippen LogP contribution in [0.4, 0.5) is 15.8 Å². The Bertz CT molecular complexity index is 965. The van der Waals surface area contributed by atoms with E-state index in [2.05, 4.69) is 0 Å². The van der Waals surface area contributed by atoms with E-state index in [0.717, 1.165) is 49.4 Å². The number of rotatable bonds is 6. The van der Waals surface area contributed by atoms with Gasteiger partial charge in [0.25, 0.3) is 15.7 Å². The van der Waals surface area contributed by atoms with Gasteiger partial charge in [-0.1, -0.05) is 11.6 Å². The molecule has 138 valence electrons. The van der Waals surface area contributed by atoms with E-state index < -0.39 is 43.4 Å². The quantitative estimate of drug-likeness (QED) is 0.586. The van der Waals surface area contributed by atoms with Gasteiger partial charge in [0.05, 0.1) is 20.5 Å². The molecule has 8 nitrogen and oxygen atoms in total. The summed E-state index contributed by atoms with van der Waals surface area (Å²) >= 11 is 5.98. The number of halogens is 2. The lowest BCUT2D eigenvalue weighted by molar-refractivity contribution is -0.384. The number of anilines is 1. The van der Waals surface area contributed by atoms with Gasteiger partial charge in [-0.3, -0.25) is 14.4 Å². The predicted octanol–water partition coefficient (Wildman–Crippen LogP) is 3.06. The Morgan fingerprint density at radius 1 is 1.27 bits per heavy atom. The van der Waals surface area contributed by atoms with Crippen LogP contribution in [0.25, 0.3) is 0 Å². The first-order valence-electron chi connectivity index (χ1n) is 7.02. The molecule has 0 fully saturated rings. The number of hydrogen-bond donors (Lipinski definition) is 1. The third kappa shape index (κ3) is 3.75. The largest absolute Gasteiger partial charge is 0.480 e. The number of carboxylic acids is 1. The number of nitrogens with zero attached hydrogens (tertiary/aromatic N) is 2. The van der Waals surface area contributed by atoms with Gasteiger partial charge in [0.15, 0.2) is 0 Å². The van der Waals surface area contributed by atoms with Crippen LogP contribution in [0.5, 0.6) is 0 Å². The normalized spacial score (nSPS) is 12.4. The van der Waals surface area contributed by atoms with E-state index in [0.29, 0.717) is 4.31 Å². The van der Waals surface area contributed by atoms with Crippen LogP contribution in [0.3, 0.4) is 0 Å². The van der Waals surface area contributed by atoms with Crippen molar-refractivity contribution in [2.24, 2.45) is 0 Å². The maximum Gasteiger partial charge on any atom is 0.327 e. The Morgan fingerprint density at radius 3 is 2.35 bits per heavy atom. The van der Waals surface area contributed by atoms with E-state index in [1.165, 1.54) is 0 Å². The number of nitro benzene ring substituents is 1. The molecule has 2 aromatic rings. The average Bonchev–Trinajstić information content (AvgIpc) is 2.56. The van der Waals surface area contributed by atoms with Gasteiger partial charge < -0.3 is 5.11 Å². The Morgan fingerprint density at radius 2 is 1.85 bits per heavy atom. The molecule has 0 spiro atoms. The van der Waals surface area contributed by atoms with Crippen molar-refractivity contribution < 1.29 is 27.6 Å². The highest BCUT2D eigenvalue weighted by Gasteiger charge is 2.35. The van der Waals surface area contributed by atoms with E-state index in [4.69, 9.17) is 11.6 Å². The van der Waals surface area contributed by atoms with Crippen molar-refractivity contribution in [2.75, 3.05) is 4.31 Å². The van der Waals surface area contributed by atoms with Crippen molar-refractivity contribution in [3.63, 3.8) is 0 Å². The average molecular weight is 403 g/mol. The molecule has 0 aliphatic rings. The molecule has 0 aromatic heterocycles. The van der Waals surface area contributed by atoms with Gasteiger partial charge in [0, 0.05) is 12.1 Å². The maximum atomic E-state index is 13.1. The molecule has 2 rings (SSSR count). The molecule has 2 aromatic carbocycles. The Balaban J connectivity index is 2.72. The lowest BCUT2D eigenvalue weighted by Crippen LogP contribution is -2.43. The minimum Gasteiger partial charge on any atom is -0.480 e. The summed E-state index contributed by atoms with van der Waals surface area (Å²) in [6.07, 6.45) is 0. The van der Waals surface area contributed by atoms with E-state index in [1.54, 1.807) is 0 Å². The maximum absolute atomic E-state index is 13.1. The molecule has 26 heavy (non-hydrogen) atoms. The smallest absolute Gasteiger partial charge is 0.327 e. The molecule has 0 bridgehead atoms. The van der Waals surface area contributed by atoms with E-state index in [-0.39, 0.29) is 10.7 Å². The lowest BCUT2D eigenvalue weighted by Gasteiger charge is -2.28. The van der Waals surface area contributed by atoms with Gasteiger partial charge in [-0.2, -0.15) is 0 Å². The molecular formula is C15H12ClFN2O6S. The summed E-state index contributed by atoms with van der Waals surface area (Å²) in [5, 5.41) is 20.1. The van der Waals surface area contributed by atoms with Crippen LogP contribution in [-0.4, -0.2) is 30.5 Å². The fourth-order valence-electron chi connectivity index (χ4n) is 2.15. The number of sulfonamides is 1. The van der Waals surface area contributed by atoms with Crippen molar-refractivity contribution in [1.29, 1.82) is 0 Å². The lowest BCUT2D eigenvalue weighted by atomic mass is 10.2. The van der Waals surface area contributed by atoms with Crippen molar-refractivity contribution in [2.45, 2.75) is 17.9 Å². The summed E-state index contributed by atoms with van der Waals surface area (Å²) in [4.78, 5) is 21.3. The van der Waals surface area contributed by atoms with Crippen LogP contribution in [0.15, 0.2) is 47.4 Å². The Kier molecular flexibility index (Phi) is 5.47. The second-order valence-electron chi connectivity index (χ2n) is 5.16. The molecular weight excluding hydrogens is 391 g/mol. The highest BCUT2D eigenvalue weighted by atomic mass is 35.5. The van der Waals surface area contributed by atoms with E-state index in [1.807, 2.05) is 0 Å². The van der Waals surface area contributed by atoms with Crippen LogP contribution < -0.4 is 4.31 Å². The molecule has 1 N–H and O–H groups in total. The molecule has 0 heterocycles. The van der Waals surface area contributed by atoms with Crippen LogP contribution in [0.1, 0.15) is 6.92 Å². The zero-order valence-electron chi connectivity index (χ0n) is 13.2. The summed E-state index contributed by atoms with van der Waals surface area (Å²) in [5.41, 5.74) is -0.846. The second kappa shape index (κ2) is 7.26. The molecule has 0 saturated heterocycles. The van der Waals surface area contributed by atoms with Crippen LogP contribution in [0.2, 0.25) is 5.02 Å². The highest BCUT2D eigenvalue weighted by molar-refractivity contribution is 7.93. The standard InChI is InChI=1S/C15H12ClFN2O6S/c1-9(15(20)21)18(14-8-11(19(22)23)4-7-13(14)16)26(24,25)12-5-2-10(17)3-6-12/h2-9H,1H3,(H,20,21). The van der Waals surface area contributed by atoms with Crippen LogP contribution in [0, 0.1) is 15.9 Å². The van der Waals surface area contributed by atoms with Crippen LogP contribution in [-0.2, 0) is 14.8 Å². The molecule has 0 aliphatic heterocycles. The zero-order chi connectivity index (χ0) is 19.6. The fraction of sp³-hybridized carbons (Fsp3) is 0.133. The first kappa shape index (κ1) is 19.6. The third-order valence-corrected chi connectivity index (χ3v) is 5.68. The molecule has 0 saturated carbocycles. The molecule has 0 amide bonds. The zero-order valence-corrected chi connectivity index (χ0v) is 14.7. The minimum atomic E-state index is -4.50. The molecule has 1 atom stereocenters. The van der Waals surface area contributed by atoms with Crippen molar-refractivity contribution in [3.8, 4) is 0 Å². The number of aliphatic carboxylic acids is 1. The topological polar surface area (TPSA) is 118 Å². The highest BCUT2D eigenvalue weighted by Crippen LogP contribution is 2.35. The van der Waals surface area contributed by atoms with Crippen molar-refractivity contribution in [3.05, 3.63) is 63.4 Å². The summed E-state index contributed by atoms with van der Waals surface area (Å²) in [7, 11) is -4.50. The summed E-state index contributed by atoms with van der Waals surface area (Å²) < 4.78 is 39.4. The summed E-state index contributed by atoms with van der Waals surface area (Å²) in [6.45, 7) is 1.08. The SMILES string of the molecule is CC(C(=O)O)N(c1cc([N+](=O)[O-])ccc1Cl)S(=O)(=O)c1ccc(F)cc1. The first-order chi connectivity index (χ1) is 12.1. The number of carbonyl (C=O) groups is 1. The predicted molar refractivity (Wildman–Crippen MR) is 91.3 cm³/mol. The molecule has 0 aliphatic carbocycles. The number of carboxylic acid groups (broad SMARTS) is 1. The van der Waals surface area contributed by atoms with Gasteiger partial charge in [0.2, 0.25) is 0 Å². The van der Waals surface area contributed by atoms with Gasteiger partial charge in [-0.05, 0) is 37.3 Å². The third-order valence-electron chi connectivity index (χ3n) is 3.46. The van der Waals surface area contributed by atoms with E-state index >= 15 is 0 Å². The van der Waals surface area contributed by atoms with Gasteiger partial charge in [-0.15, -0.1) is 0 Å². The fourth-order valence-corrected chi connectivity index (χ4v) is 4.03. The first-order valence-corrected chi connectivity index (χ1v) is 8.84. The number of non-ortho nitro benzene ring substituents is 1. The van der Waals surface area contributed by atoms with Gasteiger partial charge in [-0.25, -0.2) is 17.6 Å². The van der Waals surface area contributed by atoms with Crippen molar-refractivity contribution >= 4 is 39.0 Å². The number of nitro groups is 1. The van der Waals surface area contributed by atoms with Gasteiger partial charge >= 0.3 is 5.97 Å².